The number of thioether (sulfide) groups is 1. The van der Waals surface area contributed by atoms with E-state index in [1.807, 2.05) is 86.1 Å². The highest BCUT2D eigenvalue weighted by Gasteiger charge is 2.74. The Morgan fingerprint density at radius 3 is 2.32 bits per heavy atom. The van der Waals surface area contributed by atoms with Crippen LogP contribution in [-0.2, 0) is 20.9 Å². The lowest BCUT2D eigenvalue weighted by atomic mass is 9.74. The van der Waals surface area contributed by atoms with Crippen LogP contribution in [0, 0.1) is 11.8 Å². The molecule has 37 heavy (non-hydrogen) atoms. The normalized spacial score (nSPS) is 34.3. The van der Waals surface area contributed by atoms with Gasteiger partial charge in [0.25, 0.3) is 0 Å². The number of likely N-dealkylation sites (tertiary alicyclic amines) is 1. The molecule has 5 rings (SSSR count). The monoisotopic (exact) mass is 523 g/mol. The molecule has 0 bridgehead atoms. The molecule has 0 radical (unpaired) electrons. The first-order valence-electron chi connectivity index (χ1n) is 13.1. The van der Waals surface area contributed by atoms with Crippen molar-refractivity contribution in [2.75, 3.05) is 19.7 Å². The molecule has 2 saturated heterocycles. The van der Waals surface area contributed by atoms with Gasteiger partial charge in [-0.3, -0.25) is 14.4 Å². The first-order valence-corrected chi connectivity index (χ1v) is 13.9. The van der Waals surface area contributed by atoms with E-state index in [4.69, 9.17) is 0 Å². The number of hydrogen-bond donors (Lipinski definition) is 1. The van der Waals surface area contributed by atoms with Crippen LogP contribution >= 0.6 is 11.8 Å². The van der Waals surface area contributed by atoms with Crippen LogP contribution in [0.4, 0.5) is 0 Å². The summed E-state index contributed by atoms with van der Waals surface area (Å²) in [5.41, 5.74) is 0.590. The second-order valence-corrected chi connectivity index (χ2v) is 13.7. The van der Waals surface area contributed by atoms with Crippen LogP contribution in [0.1, 0.15) is 40.2 Å². The van der Waals surface area contributed by atoms with Crippen LogP contribution in [0.5, 0.6) is 0 Å². The number of rotatable bonds is 4. The zero-order valence-electron chi connectivity index (χ0n) is 22.3. The molecular formula is C29H37N3O4S. The van der Waals surface area contributed by atoms with E-state index in [0.29, 0.717) is 19.6 Å². The van der Waals surface area contributed by atoms with Gasteiger partial charge < -0.3 is 19.8 Å². The molecule has 8 heteroatoms. The third-order valence-corrected chi connectivity index (χ3v) is 10.1. The van der Waals surface area contributed by atoms with Crippen LogP contribution in [0.3, 0.4) is 0 Å². The molecule has 1 aromatic carbocycles. The number of benzene rings is 1. The minimum atomic E-state index is -0.896. The Bertz CT molecular complexity index is 1160. The van der Waals surface area contributed by atoms with Gasteiger partial charge in [-0.15, -0.1) is 11.8 Å². The Balaban J connectivity index is 1.62. The van der Waals surface area contributed by atoms with E-state index >= 15 is 0 Å². The van der Waals surface area contributed by atoms with Crippen LogP contribution < -0.4 is 0 Å². The first kappa shape index (κ1) is 26.0. The van der Waals surface area contributed by atoms with Gasteiger partial charge in [0.1, 0.15) is 6.04 Å². The van der Waals surface area contributed by atoms with E-state index < -0.39 is 39.0 Å². The lowest BCUT2D eigenvalue weighted by Crippen LogP contribution is -2.59. The van der Waals surface area contributed by atoms with Gasteiger partial charge in [-0.1, -0.05) is 54.6 Å². The van der Waals surface area contributed by atoms with Gasteiger partial charge in [0.2, 0.25) is 17.7 Å². The Hall–Kier alpha value is -2.58. The number of fused-ring (bicyclic) bond motifs is 2. The highest BCUT2D eigenvalue weighted by Crippen LogP contribution is 2.66. The molecule has 4 heterocycles. The van der Waals surface area contributed by atoms with Crippen LogP contribution in [0.15, 0.2) is 54.6 Å². The van der Waals surface area contributed by atoms with Crippen molar-refractivity contribution in [3.8, 4) is 0 Å². The topological polar surface area (TPSA) is 81.2 Å². The minimum Gasteiger partial charge on any atom is -0.394 e. The second kappa shape index (κ2) is 9.02. The molecule has 0 saturated carbocycles. The van der Waals surface area contributed by atoms with Crippen molar-refractivity contribution in [3.63, 3.8) is 0 Å². The van der Waals surface area contributed by atoms with Crippen molar-refractivity contribution >= 4 is 29.5 Å². The summed E-state index contributed by atoms with van der Waals surface area (Å²) in [6.45, 7) is 10.9. The van der Waals surface area contributed by atoms with Gasteiger partial charge in [-0.2, -0.15) is 0 Å². The van der Waals surface area contributed by atoms with Crippen molar-refractivity contribution in [1.29, 1.82) is 0 Å². The number of hydrogen-bond acceptors (Lipinski definition) is 5. The van der Waals surface area contributed by atoms with E-state index in [1.54, 1.807) is 23.6 Å². The van der Waals surface area contributed by atoms with E-state index in [-0.39, 0.29) is 24.3 Å². The summed E-state index contributed by atoms with van der Waals surface area (Å²) in [6.07, 6.45) is 8.13. The van der Waals surface area contributed by atoms with Gasteiger partial charge in [0, 0.05) is 29.9 Å². The highest BCUT2D eigenvalue weighted by atomic mass is 32.2. The molecule has 1 spiro atoms. The summed E-state index contributed by atoms with van der Waals surface area (Å²) in [5, 5.41) is 10.1. The number of aliphatic hydroxyl groups excluding tert-OH is 1. The predicted octanol–water partition coefficient (Wildman–Crippen LogP) is 2.85. The maximum atomic E-state index is 14.3. The summed E-state index contributed by atoms with van der Waals surface area (Å²) >= 11 is 1.58. The fourth-order valence-electron chi connectivity index (χ4n) is 6.62. The molecule has 3 amide bonds. The summed E-state index contributed by atoms with van der Waals surface area (Å²) in [4.78, 5) is 48.0. The first-order chi connectivity index (χ1) is 17.4. The maximum Gasteiger partial charge on any atom is 0.247 e. The molecular weight excluding hydrogens is 486 g/mol. The summed E-state index contributed by atoms with van der Waals surface area (Å²) < 4.78 is -1.54. The Labute approximate surface area is 223 Å². The predicted molar refractivity (Wildman–Crippen MR) is 144 cm³/mol. The molecule has 1 N–H and O–H groups in total. The average molecular weight is 524 g/mol. The zero-order valence-corrected chi connectivity index (χ0v) is 23.1. The van der Waals surface area contributed by atoms with Gasteiger partial charge in [-0.25, -0.2) is 0 Å². The number of amides is 3. The Morgan fingerprint density at radius 1 is 1.00 bits per heavy atom. The van der Waals surface area contributed by atoms with Gasteiger partial charge in [-0.05, 0) is 40.2 Å². The average Bonchev–Trinajstić information content (AvgIpc) is 3.12. The lowest BCUT2D eigenvalue weighted by Gasteiger charge is -2.42. The van der Waals surface area contributed by atoms with Crippen molar-refractivity contribution in [2.45, 2.75) is 68.3 Å². The molecule has 0 aliphatic carbocycles. The Kier molecular flexibility index (Phi) is 6.35. The highest BCUT2D eigenvalue weighted by molar-refractivity contribution is 8.02. The minimum absolute atomic E-state index is 0.0610. The van der Waals surface area contributed by atoms with Crippen molar-refractivity contribution in [2.24, 2.45) is 11.8 Å². The molecule has 0 aromatic heterocycles. The zero-order chi connectivity index (χ0) is 26.8. The molecule has 1 unspecified atom stereocenters. The summed E-state index contributed by atoms with van der Waals surface area (Å²) in [5.74, 6) is -1.72. The smallest absolute Gasteiger partial charge is 0.247 e. The van der Waals surface area contributed by atoms with Crippen LogP contribution in [-0.4, -0.2) is 84.3 Å². The maximum absolute atomic E-state index is 14.3. The molecule has 7 nitrogen and oxygen atoms in total. The van der Waals surface area contributed by atoms with E-state index in [1.165, 1.54) is 0 Å². The van der Waals surface area contributed by atoms with Gasteiger partial charge >= 0.3 is 0 Å². The molecule has 1 aromatic rings. The van der Waals surface area contributed by atoms with E-state index in [2.05, 4.69) is 6.08 Å². The summed E-state index contributed by atoms with van der Waals surface area (Å²) in [7, 11) is 0. The lowest BCUT2D eigenvalue weighted by molar-refractivity contribution is -0.148. The molecule has 2 fully saturated rings. The van der Waals surface area contributed by atoms with Gasteiger partial charge in [0.15, 0.2) is 0 Å². The Morgan fingerprint density at radius 2 is 1.68 bits per heavy atom. The number of carbonyl (C=O) groups excluding carboxylic acids is 3. The quantitative estimate of drug-likeness (QED) is 0.614. The van der Waals surface area contributed by atoms with Crippen molar-refractivity contribution in [1.82, 2.24) is 14.7 Å². The fraction of sp³-hybridized carbons (Fsp3) is 0.552. The van der Waals surface area contributed by atoms with E-state index in [0.717, 1.165) is 5.56 Å². The fourth-order valence-corrected chi connectivity index (χ4v) is 8.77. The molecule has 4 aliphatic heterocycles. The molecule has 4 aliphatic rings. The largest absolute Gasteiger partial charge is 0.394 e. The van der Waals surface area contributed by atoms with Gasteiger partial charge in [0.05, 0.1) is 29.2 Å². The third kappa shape index (κ3) is 3.95. The third-order valence-electron chi connectivity index (χ3n) is 8.34. The van der Waals surface area contributed by atoms with E-state index in [9.17, 15) is 19.5 Å². The summed E-state index contributed by atoms with van der Waals surface area (Å²) in [6, 6.07) is 8.54. The van der Waals surface area contributed by atoms with Crippen LogP contribution in [0.2, 0.25) is 0 Å². The number of nitrogens with zero attached hydrogens (tertiary/aromatic N) is 3. The molecule has 6 atom stereocenters. The van der Waals surface area contributed by atoms with Crippen LogP contribution in [0.25, 0.3) is 0 Å². The number of carbonyl (C=O) groups is 3. The second-order valence-electron chi connectivity index (χ2n) is 11.9. The number of aliphatic hydroxyl groups is 1. The SMILES string of the molecule is C[C@H](CO)N1C(=O)[C@@H]2[C@@H]3C(=O)N(Cc4ccccc4)CC=C[C@]3(C)S[C@@]23C=CCN(C(C)(C)C)C(=O)C13. The van der Waals surface area contributed by atoms with Crippen molar-refractivity contribution in [3.05, 3.63) is 60.2 Å². The molecule has 198 valence electrons. The van der Waals surface area contributed by atoms with Crippen molar-refractivity contribution < 1.29 is 19.5 Å². The standard InChI is InChI=1S/C29H37N3O4S/c1-19(18-33)32-23-26(36)31(27(2,3)4)16-10-14-29(23)22(25(32)35)21-24(34)30(15-9-13-28(21,5)37-29)17-20-11-7-6-8-12-20/h6-14,19,21-23,33H,15-18H2,1-5H3/t19-,21-,22+,23?,28+,29+/m1/s1.